The first-order chi connectivity index (χ1) is 7.38. The van der Waals surface area contributed by atoms with E-state index in [1.54, 1.807) is 12.5 Å². The second-order valence-electron chi connectivity index (χ2n) is 3.18. The van der Waals surface area contributed by atoms with Crippen molar-refractivity contribution in [3.63, 3.8) is 0 Å². The molecule has 1 amide bonds. The van der Waals surface area contributed by atoms with Crippen molar-refractivity contribution in [1.82, 2.24) is 9.55 Å². The fourth-order valence-electron chi connectivity index (χ4n) is 1.38. The van der Waals surface area contributed by atoms with Gasteiger partial charge in [-0.3, -0.25) is 4.79 Å². The maximum Gasteiger partial charge on any atom is 0.212 e. The summed E-state index contributed by atoms with van der Waals surface area (Å²) in [6.07, 6.45) is 4.11. The van der Waals surface area contributed by atoms with Gasteiger partial charge in [-0.15, -0.1) is 0 Å². The summed E-state index contributed by atoms with van der Waals surface area (Å²) in [5, 5.41) is 2.50. The third kappa shape index (κ3) is 2.43. The molecule has 4 nitrogen and oxygen atoms in total. The molecule has 0 aliphatic rings. The molecule has 0 unspecified atom stereocenters. The zero-order valence-electron chi connectivity index (χ0n) is 8.13. The van der Waals surface area contributed by atoms with Crippen LogP contribution in [0.15, 0.2) is 42.9 Å². The maximum atomic E-state index is 10.2. The topological polar surface area (TPSA) is 46.9 Å². The van der Waals surface area contributed by atoms with Crippen LogP contribution in [-0.4, -0.2) is 16.0 Å². The van der Waals surface area contributed by atoms with Gasteiger partial charge in [0.2, 0.25) is 6.41 Å². The van der Waals surface area contributed by atoms with Gasteiger partial charge in [0.25, 0.3) is 0 Å². The summed E-state index contributed by atoms with van der Waals surface area (Å²) < 4.78 is 1.92. The second-order valence-corrected chi connectivity index (χ2v) is 3.18. The number of hydrogen-bond donors (Lipinski definition) is 1. The minimum atomic E-state index is 0.570. The average molecular weight is 201 g/mol. The molecule has 4 heteroatoms. The van der Waals surface area contributed by atoms with Gasteiger partial charge in [0, 0.05) is 12.7 Å². The molecule has 2 rings (SSSR count). The number of rotatable bonds is 4. The number of hydrogen-bond acceptors (Lipinski definition) is 2. The van der Waals surface area contributed by atoms with Crippen LogP contribution in [0.25, 0.3) is 0 Å². The Morgan fingerprint density at radius 2 is 2.13 bits per heavy atom. The average Bonchev–Trinajstić information content (AvgIpc) is 2.68. The SMILES string of the molecule is O=CNc1cn(Cc2ccccc2)cn1. The fraction of sp³-hybridized carbons (Fsp3) is 0.0909. The summed E-state index contributed by atoms with van der Waals surface area (Å²) >= 11 is 0. The van der Waals surface area contributed by atoms with Crippen molar-refractivity contribution in [2.24, 2.45) is 0 Å². The van der Waals surface area contributed by atoms with Gasteiger partial charge < -0.3 is 9.88 Å². The number of nitrogens with zero attached hydrogens (tertiary/aromatic N) is 2. The number of aromatic nitrogens is 2. The molecule has 2 aromatic rings. The van der Waals surface area contributed by atoms with Gasteiger partial charge in [-0.1, -0.05) is 30.3 Å². The van der Waals surface area contributed by atoms with E-state index < -0.39 is 0 Å². The fourth-order valence-corrected chi connectivity index (χ4v) is 1.38. The van der Waals surface area contributed by atoms with Gasteiger partial charge >= 0.3 is 0 Å². The predicted molar refractivity (Wildman–Crippen MR) is 57.5 cm³/mol. The van der Waals surface area contributed by atoms with Gasteiger partial charge in [-0.05, 0) is 5.56 Å². The van der Waals surface area contributed by atoms with Gasteiger partial charge in [-0.2, -0.15) is 0 Å². The quantitative estimate of drug-likeness (QED) is 0.762. The molecule has 1 N–H and O–H groups in total. The van der Waals surface area contributed by atoms with Crippen LogP contribution in [0.1, 0.15) is 5.56 Å². The Morgan fingerprint density at radius 1 is 1.33 bits per heavy atom. The Balaban J connectivity index is 2.08. The smallest absolute Gasteiger partial charge is 0.212 e. The van der Waals surface area contributed by atoms with Crippen LogP contribution in [0.5, 0.6) is 0 Å². The molecule has 1 heterocycles. The lowest BCUT2D eigenvalue weighted by Crippen LogP contribution is -1.96. The van der Waals surface area contributed by atoms with E-state index in [2.05, 4.69) is 10.3 Å². The number of imidazole rings is 1. The van der Waals surface area contributed by atoms with E-state index in [0.717, 1.165) is 6.54 Å². The molecule has 0 spiro atoms. The van der Waals surface area contributed by atoms with E-state index in [1.807, 2.05) is 34.9 Å². The van der Waals surface area contributed by atoms with Crippen molar-refractivity contribution in [3.8, 4) is 0 Å². The Hall–Kier alpha value is -2.10. The lowest BCUT2D eigenvalue weighted by Gasteiger charge is -2.00. The summed E-state index contributed by atoms with van der Waals surface area (Å²) in [6, 6.07) is 10.1. The summed E-state index contributed by atoms with van der Waals surface area (Å²) in [5.41, 5.74) is 1.20. The third-order valence-electron chi connectivity index (χ3n) is 2.05. The lowest BCUT2D eigenvalue weighted by atomic mass is 10.2. The molecule has 0 saturated heterocycles. The lowest BCUT2D eigenvalue weighted by molar-refractivity contribution is -0.105. The summed E-state index contributed by atoms with van der Waals surface area (Å²) in [7, 11) is 0. The molecule has 0 atom stereocenters. The molecule has 0 bridgehead atoms. The van der Waals surface area contributed by atoms with Gasteiger partial charge in [0.05, 0.1) is 6.33 Å². The van der Waals surface area contributed by atoms with Crippen LogP contribution in [0.2, 0.25) is 0 Å². The van der Waals surface area contributed by atoms with Gasteiger partial charge in [0.1, 0.15) is 0 Å². The van der Waals surface area contributed by atoms with E-state index in [0.29, 0.717) is 12.2 Å². The minimum Gasteiger partial charge on any atom is -0.331 e. The van der Waals surface area contributed by atoms with Crippen LogP contribution in [0.4, 0.5) is 5.82 Å². The van der Waals surface area contributed by atoms with E-state index in [4.69, 9.17) is 0 Å². The van der Waals surface area contributed by atoms with Gasteiger partial charge in [0.15, 0.2) is 5.82 Å². The predicted octanol–water partition coefficient (Wildman–Crippen LogP) is 1.50. The largest absolute Gasteiger partial charge is 0.331 e. The summed E-state index contributed by atoms with van der Waals surface area (Å²) in [6.45, 7) is 0.758. The number of benzene rings is 1. The van der Waals surface area contributed by atoms with Crippen LogP contribution >= 0.6 is 0 Å². The van der Waals surface area contributed by atoms with Crippen molar-refractivity contribution in [2.75, 3.05) is 5.32 Å². The van der Waals surface area contributed by atoms with Crippen LogP contribution in [0.3, 0.4) is 0 Å². The monoisotopic (exact) mass is 201 g/mol. The maximum absolute atomic E-state index is 10.2. The van der Waals surface area contributed by atoms with Crippen molar-refractivity contribution >= 4 is 12.2 Å². The minimum absolute atomic E-state index is 0.570. The molecule has 0 aliphatic heterocycles. The summed E-state index contributed by atoms with van der Waals surface area (Å²) in [4.78, 5) is 14.2. The highest BCUT2D eigenvalue weighted by molar-refractivity contribution is 5.68. The second kappa shape index (κ2) is 4.41. The molecule has 0 fully saturated rings. The van der Waals surface area contributed by atoms with Gasteiger partial charge in [-0.25, -0.2) is 4.98 Å². The molecule has 76 valence electrons. The van der Waals surface area contributed by atoms with Crippen molar-refractivity contribution in [2.45, 2.75) is 6.54 Å². The van der Waals surface area contributed by atoms with E-state index in [-0.39, 0.29) is 0 Å². The highest BCUT2D eigenvalue weighted by Gasteiger charge is 1.97. The Bertz CT molecular complexity index is 436. The standard InChI is InChI=1S/C11H11N3O/c15-9-13-11-7-14(8-12-11)6-10-4-2-1-3-5-10/h1-5,7-9H,6H2,(H,13,15). The van der Waals surface area contributed by atoms with E-state index >= 15 is 0 Å². The van der Waals surface area contributed by atoms with E-state index in [1.165, 1.54) is 5.56 Å². The Kier molecular flexibility index (Phi) is 2.78. The normalized spacial score (nSPS) is 9.87. The number of carbonyl (C=O) groups is 1. The molecule has 1 aromatic heterocycles. The Morgan fingerprint density at radius 3 is 2.87 bits per heavy atom. The molecule has 1 aromatic carbocycles. The van der Waals surface area contributed by atoms with Crippen LogP contribution < -0.4 is 5.32 Å². The Labute approximate surface area is 87.6 Å². The number of anilines is 1. The molecule has 15 heavy (non-hydrogen) atoms. The highest BCUT2D eigenvalue weighted by atomic mass is 16.1. The number of carbonyl (C=O) groups excluding carboxylic acids is 1. The summed E-state index contributed by atoms with van der Waals surface area (Å²) in [5.74, 6) is 0.570. The molecular weight excluding hydrogens is 190 g/mol. The van der Waals surface area contributed by atoms with Crippen molar-refractivity contribution in [1.29, 1.82) is 0 Å². The first-order valence-electron chi connectivity index (χ1n) is 4.64. The van der Waals surface area contributed by atoms with E-state index in [9.17, 15) is 4.79 Å². The van der Waals surface area contributed by atoms with Crippen LogP contribution in [0, 0.1) is 0 Å². The number of nitrogens with one attached hydrogen (secondary N) is 1. The molecular formula is C11H11N3O. The first-order valence-corrected chi connectivity index (χ1v) is 4.64. The van der Waals surface area contributed by atoms with Crippen molar-refractivity contribution in [3.05, 3.63) is 48.4 Å². The molecule has 0 saturated carbocycles. The highest BCUT2D eigenvalue weighted by Crippen LogP contribution is 2.05. The first kappa shape index (κ1) is 9.45. The third-order valence-corrected chi connectivity index (χ3v) is 2.05. The molecule has 0 radical (unpaired) electrons. The van der Waals surface area contributed by atoms with Crippen molar-refractivity contribution < 1.29 is 4.79 Å². The van der Waals surface area contributed by atoms with Crippen LogP contribution in [-0.2, 0) is 11.3 Å². The number of amides is 1. The molecule has 0 aliphatic carbocycles. The zero-order chi connectivity index (χ0) is 10.5. The zero-order valence-corrected chi connectivity index (χ0v) is 8.13.